The highest BCUT2D eigenvalue weighted by Crippen LogP contribution is 2.26. The molecule has 0 spiro atoms. The molecule has 2 aromatic heterocycles. The Morgan fingerprint density at radius 1 is 1.30 bits per heavy atom. The molecule has 0 aromatic carbocycles. The van der Waals surface area contributed by atoms with Crippen LogP contribution >= 0.6 is 22.9 Å². The number of hydrogen-bond acceptors (Lipinski definition) is 5. The molecule has 1 aliphatic rings. The Morgan fingerprint density at radius 3 is 2.67 bits per heavy atom. The standard InChI is InChI=1S/C20H27ClN4OS/c1-20(2,3)19-24-15(13-27-19)7-8-22-17-16(21)11-14(12-23-17)18(26)25-9-5-4-6-10-25/h11-13H,4-10H2,1-3H3,(H,22,23). The van der Waals surface area contributed by atoms with Crippen LogP contribution in [-0.4, -0.2) is 40.4 Å². The Morgan fingerprint density at radius 2 is 2.04 bits per heavy atom. The van der Waals surface area contributed by atoms with Crippen molar-refractivity contribution >= 4 is 34.7 Å². The zero-order valence-electron chi connectivity index (χ0n) is 16.2. The molecule has 0 bridgehead atoms. The number of nitrogens with zero attached hydrogens (tertiary/aromatic N) is 3. The summed E-state index contributed by atoms with van der Waals surface area (Å²) < 4.78 is 0. The zero-order valence-corrected chi connectivity index (χ0v) is 17.8. The molecule has 0 saturated carbocycles. The molecule has 0 unspecified atom stereocenters. The third kappa shape index (κ3) is 5.20. The third-order valence-electron chi connectivity index (χ3n) is 4.60. The molecule has 2 aromatic rings. The number of halogens is 1. The predicted octanol–water partition coefficient (Wildman–Crippen LogP) is 4.77. The molecule has 27 heavy (non-hydrogen) atoms. The van der Waals surface area contributed by atoms with E-state index in [1.807, 2.05) is 4.90 Å². The first-order valence-corrected chi connectivity index (χ1v) is 10.7. The Balaban J connectivity index is 1.56. The van der Waals surface area contributed by atoms with Gasteiger partial charge in [-0.05, 0) is 25.3 Å². The Bertz CT molecular complexity index is 794. The van der Waals surface area contributed by atoms with Gasteiger partial charge < -0.3 is 10.2 Å². The minimum absolute atomic E-state index is 0.0211. The summed E-state index contributed by atoms with van der Waals surface area (Å²) in [6.07, 6.45) is 5.76. The summed E-state index contributed by atoms with van der Waals surface area (Å²) in [6.45, 7) is 8.85. The van der Waals surface area contributed by atoms with Gasteiger partial charge in [0.1, 0.15) is 5.82 Å². The highest BCUT2D eigenvalue weighted by atomic mass is 35.5. The zero-order chi connectivity index (χ0) is 19.4. The molecule has 7 heteroatoms. The summed E-state index contributed by atoms with van der Waals surface area (Å²) in [7, 11) is 0. The van der Waals surface area contributed by atoms with Gasteiger partial charge in [-0.3, -0.25) is 4.79 Å². The number of pyridine rings is 1. The highest BCUT2D eigenvalue weighted by Gasteiger charge is 2.20. The van der Waals surface area contributed by atoms with E-state index in [9.17, 15) is 4.79 Å². The second kappa shape index (κ2) is 8.57. The molecule has 146 valence electrons. The quantitative estimate of drug-likeness (QED) is 0.776. The van der Waals surface area contributed by atoms with Gasteiger partial charge in [-0.25, -0.2) is 9.97 Å². The summed E-state index contributed by atoms with van der Waals surface area (Å²) in [4.78, 5) is 23.5. The lowest BCUT2D eigenvalue weighted by atomic mass is 9.98. The minimum atomic E-state index is 0.0211. The molecule has 3 rings (SSSR count). The van der Waals surface area contributed by atoms with Crippen LogP contribution in [0.1, 0.15) is 61.1 Å². The number of carbonyl (C=O) groups excluding carboxylic acids is 1. The van der Waals surface area contributed by atoms with E-state index in [2.05, 4.69) is 36.5 Å². The minimum Gasteiger partial charge on any atom is -0.368 e. The lowest BCUT2D eigenvalue weighted by Crippen LogP contribution is -2.35. The van der Waals surface area contributed by atoms with Gasteiger partial charge in [0.15, 0.2) is 0 Å². The van der Waals surface area contributed by atoms with E-state index in [0.717, 1.165) is 43.1 Å². The van der Waals surface area contributed by atoms with E-state index < -0.39 is 0 Å². The lowest BCUT2D eigenvalue weighted by Gasteiger charge is -2.26. The highest BCUT2D eigenvalue weighted by molar-refractivity contribution is 7.09. The van der Waals surface area contributed by atoms with Crippen LogP contribution in [0, 0.1) is 0 Å². The average molecular weight is 407 g/mol. The fourth-order valence-corrected chi connectivity index (χ4v) is 4.21. The van der Waals surface area contributed by atoms with E-state index >= 15 is 0 Å². The fourth-order valence-electron chi connectivity index (χ4n) is 3.04. The molecule has 1 fully saturated rings. The van der Waals surface area contributed by atoms with E-state index in [4.69, 9.17) is 16.6 Å². The van der Waals surface area contributed by atoms with E-state index in [1.165, 1.54) is 6.42 Å². The number of hydrogen-bond donors (Lipinski definition) is 1. The molecule has 0 atom stereocenters. The van der Waals surface area contributed by atoms with Gasteiger partial charge in [-0.1, -0.05) is 32.4 Å². The number of carbonyl (C=O) groups is 1. The van der Waals surface area contributed by atoms with Crippen LogP contribution in [0.5, 0.6) is 0 Å². The van der Waals surface area contributed by atoms with Crippen LogP contribution < -0.4 is 5.32 Å². The number of aromatic nitrogens is 2. The van der Waals surface area contributed by atoms with Gasteiger partial charge >= 0.3 is 0 Å². The smallest absolute Gasteiger partial charge is 0.255 e. The number of amides is 1. The van der Waals surface area contributed by atoms with Crippen molar-refractivity contribution in [2.24, 2.45) is 0 Å². The second-order valence-corrected chi connectivity index (χ2v) is 9.24. The SMILES string of the molecule is CC(C)(C)c1nc(CCNc2ncc(C(=O)N3CCCCC3)cc2Cl)cs1. The van der Waals surface area contributed by atoms with Gasteiger partial charge in [0, 0.05) is 43.0 Å². The largest absolute Gasteiger partial charge is 0.368 e. The summed E-state index contributed by atoms with van der Waals surface area (Å²) >= 11 is 8.05. The Labute approximate surface area is 170 Å². The number of nitrogens with one attached hydrogen (secondary N) is 1. The fraction of sp³-hybridized carbons (Fsp3) is 0.550. The lowest BCUT2D eigenvalue weighted by molar-refractivity contribution is 0.0724. The number of piperidine rings is 1. The van der Waals surface area contributed by atoms with Crippen LogP contribution in [0.15, 0.2) is 17.6 Å². The van der Waals surface area contributed by atoms with Crippen molar-refractivity contribution < 1.29 is 4.79 Å². The summed E-state index contributed by atoms with van der Waals surface area (Å²) in [5.41, 5.74) is 1.71. The summed E-state index contributed by atoms with van der Waals surface area (Å²) in [5, 5.41) is 6.99. The summed E-state index contributed by atoms with van der Waals surface area (Å²) in [5.74, 6) is 0.631. The van der Waals surface area contributed by atoms with Crippen molar-refractivity contribution in [2.45, 2.75) is 51.9 Å². The molecule has 1 saturated heterocycles. The van der Waals surface area contributed by atoms with Crippen molar-refractivity contribution in [2.75, 3.05) is 25.0 Å². The molecular formula is C20H27ClN4OS. The summed E-state index contributed by atoms with van der Waals surface area (Å²) in [6, 6.07) is 1.72. The first kappa shape index (κ1) is 20.1. The maximum Gasteiger partial charge on any atom is 0.255 e. The normalized spacial score (nSPS) is 15.0. The van der Waals surface area contributed by atoms with E-state index in [1.54, 1.807) is 23.6 Å². The van der Waals surface area contributed by atoms with Gasteiger partial charge in [0.2, 0.25) is 0 Å². The van der Waals surface area contributed by atoms with Crippen LogP contribution in [0.25, 0.3) is 0 Å². The first-order valence-electron chi connectivity index (χ1n) is 9.48. The van der Waals surface area contributed by atoms with Crippen LogP contribution in [-0.2, 0) is 11.8 Å². The van der Waals surface area contributed by atoms with Crippen LogP contribution in [0.3, 0.4) is 0 Å². The van der Waals surface area contributed by atoms with Crippen molar-refractivity contribution in [3.8, 4) is 0 Å². The Kier molecular flexibility index (Phi) is 6.37. The van der Waals surface area contributed by atoms with Gasteiger partial charge in [0.25, 0.3) is 5.91 Å². The number of anilines is 1. The van der Waals surface area contributed by atoms with Gasteiger partial charge in [-0.15, -0.1) is 11.3 Å². The monoisotopic (exact) mass is 406 g/mol. The van der Waals surface area contributed by atoms with Crippen molar-refractivity contribution in [3.63, 3.8) is 0 Å². The molecule has 1 aliphatic heterocycles. The molecule has 0 radical (unpaired) electrons. The topological polar surface area (TPSA) is 58.1 Å². The van der Waals surface area contributed by atoms with Crippen molar-refractivity contribution in [3.05, 3.63) is 38.9 Å². The van der Waals surface area contributed by atoms with Crippen LogP contribution in [0.4, 0.5) is 5.82 Å². The predicted molar refractivity (Wildman–Crippen MR) is 112 cm³/mol. The average Bonchev–Trinajstić information content (AvgIpc) is 3.12. The van der Waals surface area contributed by atoms with Gasteiger partial charge in [-0.2, -0.15) is 0 Å². The van der Waals surface area contributed by atoms with Gasteiger partial charge in [0.05, 0.1) is 21.3 Å². The third-order valence-corrected chi connectivity index (χ3v) is 6.20. The molecule has 1 amide bonds. The first-order chi connectivity index (χ1) is 12.8. The Hall–Kier alpha value is -1.66. The molecule has 1 N–H and O–H groups in total. The van der Waals surface area contributed by atoms with E-state index in [-0.39, 0.29) is 11.3 Å². The van der Waals surface area contributed by atoms with Crippen molar-refractivity contribution in [1.29, 1.82) is 0 Å². The van der Waals surface area contributed by atoms with E-state index in [0.29, 0.717) is 22.9 Å². The number of likely N-dealkylation sites (tertiary alicyclic amines) is 1. The van der Waals surface area contributed by atoms with Crippen LogP contribution in [0.2, 0.25) is 5.02 Å². The molecule has 3 heterocycles. The second-order valence-electron chi connectivity index (χ2n) is 7.98. The molecule has 0 aliphatic carbocycles. The molecule has 5 nitrogen and oxygen atoms in total. The maximum atomic E-state index is 12.5. The molecular weight excluding hydrogens is 380 g/mol. The van der Waals surface area contributed by atoms with Crippen molar-refractivity contribution in [1.82, 2.24) is 14.9 Å². The number of rotatable bonds is 5. The maximum absolute atomic E-state index is 12.5. The number of thiazole rings is 1.